The van der Waals surface area contributed by atoms with Gasteiger partial charge in [-0.1, -0.05) is 11.6 Å². The number of carbonyl (C=O) groups is 3. The topological polar surface area (TPSA) is 133 Å². The van der Waals surface area contributed by atoms with Crippen molar-refractivity contribution < 1.29 is 27.5 Å². The number of esters is 1. The predicted molar refractivity (Wildman–Crippen MR) is 107 cm³/mol. The summed E-state index contributed by atoms with van der Waals surface area (Å²) in [4.78, 5) is 36.0. The van der Waals surface area contributed by atoms with E-state index in [-0.39, 0.29) is 23.5 Å². The summed E-state index contributed by atoms with van der Waals surface area (Å²) in [6.07, 6.45) is -1.35. The molecule has 2 rings (SSSR count). The summed E-state index contributed by atoms with van der Waals surface area (Å²) in [6.45, 7) is 1.38. The molecule has 1 atom stereocenters. The van der Waals surface area contributed by atoms with E-state index in [1.807, 2.05) is 0 Å². The summed E-state index contributed by atoms with van der Waals surface area (Å²) in [6, 6.07) is 11.5. The van der Waals surface area contributed by atoms with Gasteiger partial charge in [0.2, 0.25) is 10.0 Å². The first-order chi connectivity index (χ1) is 13.6. The number of anilines is 1. The molecule has 0 aliphatic heterocycles. The Kier molecular flexibility index (Phi) is 7.49. The molecule has 0 fully saturated rings. The Bertz CT molecular complexity index is 1000. The van der Waals surface area contributed by atoms with Gasteiger partial charge in [-0.25, -0.2) is 13.6 Å². The smallest absolute Gasteiger partial charge is 0.307 e. The maximum Gasteiger partial charge on any atom is 0.307 e. The largest absolute Gasteiger partial charge is 0.453 e. The van der Waals surface area contributed by atoms with Gasteiger partial charge in [-0.2, -0.15) is 0 Å². The van der Waals surface area contributed by atoms with Crippen LogP contribution in [-0.4, -0.2) is 32.2 Å². The number of ether oxygens (including phenoxy) is 1. The normalized spacial score (nSPS) is 12.1. The number of sulfonamides is 1. The van der Waals surface area contributed by atoms with E-state index in [0.717, 1.165) is 0 Å². The van der Waals surface area contributed by atoms with Crippen LogP contribution in [-0.2, 0) is 24.3 Å². The number of hydrogen-bond donors (Lipinski definition) is 2. The lowest BCUT2D eigenvalue weighted by Gasteiger charge is -2.13. The van der Waals surface area contributed by atoms with Crippen LogP contribution in [0.25, 0.3) is 0 Å². The highest BCUT2D eigenvalue weighted by atomic mass is 35.5. The van der Waals surface area contributed by atoms with Crippen LogP contribution in [0.4, 0.5) is 5.69 Å². The Balaban J connectivity index is 1.83. The van der Waals surface area contributed by atoms with E-state index in [1.165, 1.54) is 31.2 Å². The van der Waals surface area contributed by atoms with Crippen molar-refractivity contribution in [2.24, 2.45) is 5.14 Å². The fraction of sp³-hybridized carbons (Fsp3) is 0.211. The van der Waals surface area contributed by atoms with E-state index in [9.17, 15) is 22.8 Å². The average molecular weight is 439 g/mol. The van der Waals surface area contributed by atoms with Crippen molar-refractivity contribution in [3.05, 3.63) is 59.1 Å². The van der Waals surface area contributed by atoms with E-state index in [0.29, 0.717) is 16.3 Å². The molecule has 0 bridgehead atoms. The molecule has 0 aromatic heterocycles. The first-order valence-corrected chi connectivity index (χ1v) is 10.4. The number of hydrogen-bond acceptors (Lipinski definition) is 6. The lowest BCUT2D eigenvalue weighted by atomic mass is 10.1. The second-order valence-electron chi connectivity index (χ2n) is 6.12. The van der Waals surface area contributed by atoms with Gasteiger partial charge in [-0.15, -0.1) is 0 Å². The zero-order valence-corrected chi connectivity index (χ0v) is 17.0. The summed E-state index contributed by atoms with van der Waals surface area (Å²) in [5.74, 6) is -1.55. The quantitative estimate of drug-likeness (QED) is 0.480. The van der Waals surface area contributed by atoms with Gasteiger partial charge in [0.05, 0.1) is 11.3 Å². The summed E-state index contributed by atoms with van der Waals surface area (Å²) >= 11 is 5.76. The number of primary sulfonamides is 1. The van der Waals surface area contributed by atoms with Crippen LogP contribution in [0.3, 0.4) is 0 Å². The molecule has 29 heavy (non-hydrogen) atoms. The molecule has 10 heteroatoms. The number of ketones is 1. The van der Waals surface area contributed by atoms with Crippen LogP contribution in [0.2, 0.25) is 5.02 Å². The fourth-order valence-corrected chi connectivity index (χ4v) is 2.92. The molecular weight excluding hydrogens is 420 g/mol. The molecule has 0 unspecified atom stereocenters. The van der Waals surface area contributed by atoms with Crippen molar-refractivity contribution in [1.29, 1.82) is 0 Å². The van der Waals surface area contributed by atoms with Crippen LogP contribution >= 0.6 is 11.6 Å². The highest BCUT2D eigenvalue weighted by Gasteiger charge is 2.19. The minimum atomic E-state index is -3.83. The van der Waals surface area contributed by atoms with E-state index < -0.39 is 28.0 Å². The molecular formula is C19H19ClN2O6S. The van der Waals surface area contributed by atoms with Crippen LogP contribution in [0.5, 0.6) is 0 Å². The Hall–Kier alpha value is -2.75. The lowest BCUT2D eigenvalue weighted by molar-refractivity contribution is -0.153. The highest BCUT2D eigenvalue weighted by molar-refractivity contribution is 7.89. The van der Waals surface area contributed by atoms with Gasteiger partial charge >= 0.3 is 5.97 Å². The Morgan fingerprint density at radius 2 is 1.62 bits per heavy atom. The van der Waals surface area contributed by atoms with Gasteiger partial charge in [0, 0.05) is 22.7 Å². The average Bonchev–Trinajstić information content (AvgIpc) is 2.66. The van der Waals surface area contributed by atoms with Crippen molar-refractivity contribution in [2.75, 3.05) is 5.32 Å². The monoisotopic (exact) mass is 438 g/mol. The van der Waals surface area contributed by atoms with Crippen LogP contribution in [0.15, 0.2) is 53.4 Å². The summed E-state index contributed by atoms with van der Waals surface area (Å²) in [5, 5.41) is 7.99. The van der Waals surface area contributed by atoms with Crippen LogP contribution in [0, 0.1) is 0 Å². The second kappa shape index (κ2) is 9.64. The van der Waals surface area contributed by atoms with Crippen LogP contribution in [0.1, 0.15) is 30.1 Å². The number of Topliss-reactive ketones (excluding diaryl/α,β-unsaturated/α-hetero) is 1. The number of amides is 1. The third-order valence-electron chi connectivity index (χ3n) is 3.85. The Morgan fingerprint density at radius 1 is 1.03 bits per heavy atom. The lowest BCUT2D eigenvalue weighted by Crippen LogP contribution is -2.30. The molecule has 2 aromatic rings. The third-order valence-corrected chi connectivity index (χ3v) is 5.03. The van der Waals surface area contributed by atoms with Gasteiger partial charge in [0.15, 0.2) is 11.9 Å². The molecule has 1 amide bonds. The molecule has 0 radical (unpaired) electrons. The molecule has 0 spiro atoms. The van der Waals surface area contributed by atoms with Crippen molar-refractivity contribution >= 4 is 45.0 Å². The number of carbonyl (C=O) groups excluding carboxylic acids is 3. The second-order valence-corrected chi connectivity index (χ2v) is 8.12. The maximum atomic E-state index is 12.1. The van der Waals surface area contributed by atoms with Crippen molar-refractivity contribution in [3.8, 4) is 0 Å². The summed E-state index contributed by atoms with van der Waals surface area (Å²) in [5.41, 5.74) is 0.735. The SMILES string of the molecule is C[C@@H](OC(=O)CCC(=O)c1ccc(Cl)cc1)C(=O)Nc1ccc(S(N)(=O)=O)cc1. The van der Waals surface area contributed by atoms with E-state index in [4.69, 9.17) is 21.5 Å². The zero-order valence-electron chi connectivity index (χ0n) is 15.4. The number of benzene rings is 2. The maximum absolute atomic E-state index is 12.1. The van der Waals surface area contributed by atoms with Gasteiger partial charge in [-0.3, -0.25) is 14.4 Å². The van der Waals surface area contributed by atoms with Crippen molar-refractivity contribution in [3.63, 3.8) is 0 Å². The fourth-order valence-electron chi connectivity index (χ4n) is 2.28. The predicted octanol–water partition coefficient (Wildman–Crippen LogP) is 2.52. The standard InChI is InChI=1S/C19H19ClN2O6S/c1-12(19(25)22-15-6-8-16(9-7-15)29(21,26)27)28-18(24)11-10-17(23)13-2-4-14(20)5-3-13/h2-9,12H,10-11H2,1H3,(H,22,25)(H2,21,26,27)/t12-/m1/s1. The van der Waals surface area contributed by atoms with Crippen molar-refractivity contribution in [1.82, 2.24) is 0 Å². The Morgan fingerprint density at radius 3 is 2.17 bits per heavy atom. The van der Waals surface area contributed by atoms with Crippen molar-refractivity contribution in [2.45, 2.75) is 30.8 Å². The minimum Gasteiger partial charge on any atom is -0.453 e. The molecule has 3 N–H and O–H groups in total. The van der Waals surface area contributed by atoms with E-state index in [1.54, 1.807) is 24.3 Å². The minimum absolute atomic E-state index is 0.0656. The van der Waals surface area contributed by atoms with Gasteiger partial charge in [0.25, 0.3) is 5.91 Å². The van der Waals surface area contributed by atoms with Gasteiger partial charge in [-0.05, 0) is 55.5 Å². The third kappa shape index (κ3) is 6.97. The molecule has 2 aromatic carbocycles. The van der Waals surface area contributed by atoms with Gasteiger partial charge in [0.1, 0.15) is 0 Å². The van der Waals surface area contributed by atoms with E-state index in [2.05, 4.69) is 5.32 Å². The molecule has 0 aliphatic rings. The first-order valence-electron chi connectivity index (χ1n) is 8.48. The molecule has 0 heterocycles. The first kappa shape index (κ1) is 22.5. The molecule has 0 saturated carbocycles. The summed E-state index contributed by atoms with van der Waals surface area (Å²) in [7, 11) is -3.83. The summed E-state index contributed by atoms with van der Waals surface area (Å²) < 4.78 is 27.5. The van der Waals surface area contributed by atoms with Gasteiger partial charge < -0.3 is 10.1 Å². The number of nitrogens with one attached hydrogen (secondary N) is 1. The molecule has 8 nitrogen and oxygen atoms in total. The Labute approximate surface area is 173 Å². The highest BCUT2D eigenvalue weighted by Crippen LogP contribution is 2.14. The molecule has 0 aliphatic carbocycles. The number of halogens is 1. The van der Waals surface area contributed by atoms with Crippen LogP contribution < -0.4 is 10.5 Å². The molecule has 154 valence electrons. The van der Waals surface area contributed by atoms with E-state index >= 15 is 0 Å². The number of nitrogens with two attached hydrogens (primary N) is 1. The zero-order chi connectivity index (χ0) is 21.6. The molecule has 0 saturated heterocycles. The number of rotatable bonds is 8.